The van der Waals surface area contributed by atoms with Crippen LogP contribution in [0.15, 0.2) is 30.3 Å². The maximum atomic E-state index is 11.6. The predicted molar refractivity (Wildman–Crippen MR) is 110 cm³/mol. The van der Waals surface area contributed by atoms with E-state index in [4.69, 9.17) is 9.47 Å². The molecule has 1 aromatic carbocycles. The van der Waals surface area contributed by atoms with Gasteiger partial charge in [0.05, 0.1) is 19.3 Å². The molecule has 6 heteroatoms. The van der Waals surface area contributed by atoms with Gasteiger partial charge in [0.2, 0.25) is 0 Å². The van der Waals surface area contributed by atoms with Crippen LogP contribution in [0.3, 0.4) is 0 Å². The number of fused-ring (bicyclic) bond motifs is 4. The van der Waals surface area contributed by atoms with Crippen LogP contribution in [0.1, 0.15) is 44.1 Å². The van der Waals surface area contributed by atoms with E-state index in [-0.39, 0.29) is 12.1 Å². The molecule has 4 bridgehead atoms. The Balaban J connectivity index is 0.000000159. The van der Waals surface area contributed by atoms with E-state index in [0.717, 1.165) is 25.9 Å². The molecule has 0 amide bonds. The fourth-order valence-electron chi connectivity index (χ4n) is 4.83. The molecule has 29 heavy (non-hydrogen) atoms. The van der Waals surface area contributed by atoms with Gasteiger partial charge in [-0.25, -0.2) is 0 Å². The Hall–Kier alpha value is -1.60. The molecular formula is C23H32N2O4. The zero-order chi connectivity index (χ0) is 20.1. The summed E-state index contributed by atoms with van der Waals surface area (Å²) in [5, 5.41) is 6.92. The first-order chi connectivity index (χ1) is 14.1. The number of ketones is 2. The average Bonchev–Trinajstić information content (AvgIpc) is 2.95. The topological polar surface area (TPSA) is 76.7 Å². The molecule has 6 nitrogen and oxygen atoms in total. The highest BCUT2D eigenvalue weighted by Gasteiger charge is 2.32. The average molecular weight is 401 g/mol. The second-order valence-electron chi connectivity index (χ2n) is 8.76. The SMILES string of the molecule is O=C1CC2CCOCC(C1)N2.O=C1CC2COC(Cc3ccccc3)CC(C1)N2. The van der Waals surface area contributed by atoms with Crippen molar-refractivity contribution in [3.63, 3.8) is 0 Å². The van der Waals surface area contributed by atoms with Crippen molar-refractivity contribution in [2.75, 3.05) is 19.8 Å². The smallest absolute Gasteiger partial charge is 0.136 e. The highest BCUT2D eigenvalue weighted by molar-refractivity contribution is 5.81. The molecule has 4 aliphatic rings. The van der Waals surface area contributed by atoms with Gasteiger partial charge in [-0.1, -0.05) is 30.3 Å². The molecule has 4 aliphatic heterocycles. The molecule has 4 fully saturated rings. The number of hydrogen-bond donors (Lipinski definition) is 2. The summed E-state index contributed by atoms with van der Waals surface area (Å²) in [7, 11) is 0. The van der Waals surface area contributed by atoms with Gasteiger partial charge in [0.25, 0.3) is 0 Å². The highest BCUT2D eigenvalue weighted by atomic mass is 16.5. The highest BCUT2D eigenvalue weighted by Crippen LogP contribution is 2.22. The first kappa shape index (κ1) is 20.7. The van der Waals surface area contributed by atoms with E-state index < -0.39 is 0 Å². The molecule has 5 atom stereocenters. The maximum absolute atomic E-state index is 11.6. The minimum atomic E-state index is 0.233. The van der Waals surface area contributed by atoms with Crippen molar-refractivity contribution in [3.8, 4) is 0 Å². The molecule has 4 heterocycles. The molecule has 0 spiro atoms. The van der Waals surface area contributed by atoms with E-state index in [0.29, 0.717) is 68.6 Å². The van der Waals surface area contributed by atoms with Crippen molar-refractivity contribution < 1.29 is 19.1 Å². The van der Waals surface area contributed by atoms with Crippen LogP contribution in [-0.2, 0) is 25.5 Å². The third-order valence-corrected chi connectivity index (χ3v) is 6.16. The largest absolute Gasteiger partial charge is 0.380 e. The second kappa shape index (κ2) is 9.94. The Labute approximate surface area is 172 Å². The van der Waals surface area contributed by atoms with E-state index in [1.54, 1.807) is 0 Å². The number of nitrogens with one attached hydrogen (secondary N) is 2. The standard InChI is InChI=1S/C15H19NO2.C8H13NO2/c17-14-7-12-9-15(18-10-13(8-14)16-12)6-11-4-2-1-3-5-11;10-8-3-6-1-2-11-5-7(4-8)9-6/h1-5,12-13,15-16H,6-10H2;6-7,9H,1-5H2. The van der Waals surface area contributed by atoms with Gasteiger partial charge in [-0.15, -0.1) is 0 Å². The maximum Gasteiger partial charge on any atom is 0.136 e. The van der Waals surface area contributed by atoms with Crippen molar-refractivity contribution >= 4 is 11.6 Å². The van der Waals surface area contributed by atoms with Gasteiger partial charge in [0.15, 0.2) is 0 Å². The molecule has 5 rings (SSSR count). The summed E-state index contributed by atoms with van der Waals surface area (Å²) < 4.78 is 11.3. The molecule has 0 aliphatic carbocycles. The first-order valence-electron chi connectivity index (χ1n) is 10.9. The molecule has 4 saturated heterocycles. The number of carbonyl (C=O) groups excluding carboxylic acids is 2. The number of rotatable bonds is 2. The van der Waals surface area contributed by atoms with E-state index >= 15 is 0 Å². The number of piperidine rings is 2. The van der Waals surface area contributed by atoms with Crippen molar-refractivity contribution in [1.82, 2.24) is 10.6 Å². The Morgan fingerprint density at radius 2 is 1.48 bits per heavy atom. The Kier molecular flexibility index (Phi) is 7.08. The van der Waals surface area contributed by atoms with Crippen molar-refractivity contribution in [2.24, 2.45) is 0 Å². The number of benzene rings is 1. The minimum Gasteiger partial charge on any atom is -0.380 e. The molecule has 0 saturated carbocycles. The predicted octanol–water partition coefficient (Wildman–Crippen LogP) is 1.80. The summed E-state index contributed by atoms with van der Waals surface area (Å²) in [4.78, 5) is 22.7. The van der Waals surface area contributed by atoms with Crippen LogP contribution in [-0.4, -0.2) is 61.7 Å². The Morgan fingerprint density at radius 1 is 0.828 bits per heavy atom. The molecule has 158 valence electrons. The minimum absolute atomic E-state index is 0.233. The van der Waals surface area contributed by atoms with Gasteiger partial charge in [0.1, 0.15) is 11.6 Å². The summed E-state index contributed by atoms with van der Waals surface area (Å²) in [5.41, 5.74) is 1.31. The van der Waals surface area contributed by atoms with Gasteiger partial charge >= 0.3 is 0 Å². The number of Topliss-reactive ketones (excluding diaryl/α,β-unsaturated/α-hetero) is 2. The normalized spacial score (nSPS) is 34.4. The van der Waals surface area contributed by atoms with Crippen LogP contribution in [0, 0.1) is 0 Å². The van der Waals surface area contributed by atoms with Crippen LogP contribution in [0.25, 0.3) is 0 Å². The lowest BCUT2D eigenvalue weighted by Gasteiger charge is -2.26. The van der Waals surface area contributed by atoms with Gasteiger partial charge < -0.3 is 20.1 Å². The van der Waals surface area contributed by atoms with Crippen molar-refractivity contribution in [3.05, 3.63) is 35.9 Å². The number of hydrogen-bond acceptors (Lipinski definition) is 6. The first-order valence-corrected chi connectivity index (χ1v) is 10.9. The zero-order valence-electron chi connectivity index (χ0n) is 17.0. The summed E-state index contributed by atoms with van der Waals surface area (Å²) >= 11 is 0. The van der Waals surface area contributed by atoms with E-state index in [1.165, 1.54) is 5.56 Å². The van der Waals surface area contributed by atoms with E-state index in [1.807, 2.05) is 6.07 Å². The fraction of sp³-hybridized carbons (Fsp3) is 0.652. The van der Waals surface area contributed by atoms with Gasteiger partial charge in [-0.2, -0.15) is 0 Å². The van der Waals surface area contributed by atoms with E-state index in [2.05, 4.69) is 34.9 Å². The van der Waals surface area contributed by atoms with Crippen LogP contribution in [0.2, 0.25) is 0 Å². The lowest BCUT2D eigenvalue weighted by atomic mass is 9.94. The molecule has 0 radical (unpaired) electrons. The van der Waals surface area contributed by atoms with Gasteiger partial charge in [0, 0.05) is 56.5 Å². The fourth-order valence-corrected chi connectivity index (χ4v) is 4.83. The Bertz CT molecular complexity index is 679. The van der Waals surface area contributed by atoms with Crippen molar-refractivity contribution in [1.29, 1.82) is 0 Å². The lowest BCUT2D eigenvalue weighted by Crippen LogP contribution is -2.46. The van der Waals surface area contributed by atoms with Crippen LogP contribution >= 0.6 is 0 Å². The summed E-state index contributed by atoms with van der Waals surface area (Å²) in [6, 6.07) is 11.7. The second-order valence-corrected chi connectivity index (χ2v) is 8.76. The summed E-state index contributed by atoms with van der Waals surface area (Å²) in [5.74, 6) is 0.775. The van der Waals surface area contributed by atoms with Crippen molar-refractivity contribution in [2.45, 2.75) is 75.2 Å². The van der Waals surface area contributed by atoms with Crippen LogP contribution in [0.5, 0.6) is 0 Å². The number of carbonyl (C=O) groups is 2. The molecule has 0 aromatic heterocycles. The third kappa shape index (κ3) is 6.19. The zero-order valence-corrected chi connectivity index (χ0v) is 17.0. The van der Waals surface area contributed by atoms with Gasteiger partial charge in [-0.3, -0.25) is 9.59 Å². The van der Waals surface area contributed by atoms with Gasteiger partial charge in [-0.05, 0) is 24.8 Å². The molecule has 5 unspecified atom stereocenters. The van der Waals surface area contributed by atoms with Crippen LogP contribution < -0.4 is 10.6 Å². The summed E-state index contributed by atoms with van der Waals surface area (Å²) in [6.07, 6.45) is 5.79. The molecule has 1 aromatic rings. The summed E-state index contributed by atoms with van der Waals surface area (Å²) in [6.45, 7) is 2.18. The third-order valence-electron chi connectivity index (χ3n) is 6.16. The monoisotopic (exact) mass is 400 g/mol. The van der Waals surface area contributed by atoms with Crippen LogP contribution in [0.4, 0.5) is 0 Å². The lowest BCUT2D eigenvalue weighted by molar-refractivity contribution is -0.122. The van der Waals surface area contributed by atoms with E-state index in [9.17, 15) is 9.59 Å². The Morgan fingerprint density at radius 3 is 2.28 bits per heavy atom. The molecular weight excluding hydrogens is 368 g/mol. The number of ether oxygens (including phenoxy) is 2. The molecule has 2 N–H and O–H groups in total. The quantitative estimate of drug-likeness (QED) is 0.789.